The zero-order chi connectivity index (χ0) is 19.7. The van der Waals surface area contributed by atoms with Gasteiger partial charge in [0.2, 0.25) is 0 Å². The molecule has 0 bridgehead atoms. The Labute approximate surface area is 167 Å². The molecule has 5 rings (SSSR count). The molecule has 5 aliphatic rings. The van der Waals surface area contributed by atoms with E-state index in [1.54, 1.807) is 6.08 Å². The Kier molecular flexibility index (Phi) is 4.29. The number of aliphatic hydroxyl groups is 3. The third-order valence-electron chi connectivity index (χ3n) is 9.95. The number of rotatable bonds is 2. The Balaban J connectivity index is 1.48. The van der Waals surface area contributed by atoms with Gasteiger partial charge < -0.3 is 20.1 Å². The molecule has 1 heterocycles. The Morgan fingerprint density at radius 1 is 1.11 bits per heavy atom. The van der Waals surface area contributed by atoms with E-state index in [1.165, 1.54) is 0 Å². The average Bonchev–Trinajstić information content (AvgIpc) is 3.22. The van der Waals surface area contributed by atoms with Crippen molar-refractivity contribution in [3.05, 3.63) is 11.6 Å². The van der Waals surface area contributed by atoms with Crippen LogP contribution in [0.25, 0.3) is 0 Å². The van der Waals surface area contributed by atoms with Gasteiger partial charge in [0.05, 0.1) is 11.7 Å². The van der Waals surface area contributed by atoms with Crippen molar-refractivity contribution < 1.29 is 24.9 Å². The Hall–Kier alpha value is -0.910. The first-order valence-electron chi connectivity index (χ1n) is 11.2. The van der Waals surface area contributed by atoms with Crippen LogP contribution in [0, 0.1) is 34.5 Å². The van der Waals surface area contributed by atoms with Gasteiger partial charge in [-0.05, 0) is 92.4 Å². The molecular weight excluding hydrogens is 356 g/mol. The SMILES string of the molecule is C[C@]12CC[C@@H]3[C@@H](CC[C@@H]4C[C@@H](O)CC[C@@]43CO)[C@@]1(O)CC[C@@H]2C1=CC(=O)OC1. The topological polar surface area (TPSA) is 87.0 Å². The first-order valence-corrected chi connectivity index (χ1v) is 11.2. The average molecular weight is 391 g/mol. The lowest BCUT2D eigenvalue weighted by Crippen LogP contribution is -2.63. The van der Waals surface area contributed by atoms with Gasteiger partial charge in [-0.15, -0.1) is 0 Å². The van der Waals surface area contributed by atoms with E-state index in [-0.39, 0.29) is 41.3 Å². The van der Waals surface area contributed by atoms with Crippen molar-refractivity contribution >= 4 is 5.97 Å². The van der Waals surface area contributed by atoms with E-state index in [4.69, 9.17) is 4.74 Å². The standard InChI is InChI=1S/C23H34O5/c1-21-7-5-18-19(3-2-15-11-16(25)4-8-22(15,18)13-24)23(21,27)9-6-17(21)14-10-20(26)28-12-14/h10,15-19,24-25,27H,2-9,11-13H2,1H3/t15-,16+,17-,18-,19-,21-,22-,23+/m1/s1. The van der Waals surface area contributed by atoms with Crippen LogP contribution in [-0.4, -0.2) is 46.2 Å². The fourth-order valence-corrected chi connectivity index (χ4v) is 8.49. The fourth-order valence-electron chi connectivity index (χ4n) is 8.49. The molecule has 1 aliphatic heterocycles. The summed E-state index contributed by atoms with van der Waals surface area (Å²) >= 11 is 0. The van der Waals surface area contributed by atoms with Crippen LogP contribution in [0.15, 0.2) is 11.6 Å². The lowest BCUT2D eigenvalue weighted by atomic mass is 9.43. The van der Waals surface area contributed by atoms with Gasteiger partial charge in [-0.3, -0.25) is 0 Å². The molecule has 0 aromatic heterocycles. The number of hydrogen-bond donors (Lipinski definition) is 3. The first kappa shape index (κ1) is 19.1. The molecule has 4 saturated carbocycles. The quantitative estimate of drug-likeness (QED) is 0.631. The zero-order valence-electron chi connectivity index (χ0n) is 16.9. The molecular formula is C23H34O5. The highest BCUT2D eigenvalue weighted by Crippen LogP contribution is 2.69. The van der Waals surface area contributed by atoms with E-state index < -0.39 is 5.60 Å². The van der Waals surface area contributed by atoms with Gasteiger partial charge in [0.15, 0.2) is 0 Å². The third-order valence-corrected chi connectivity index (χ3v) is 9.95. The number of cyclic esters (lactones) is 1. The van der Waals surface area contributed by atoms with Crippen LogP contribution in [0.4, 0.5) is 0 Å². The van der Waals surface area contributed by atoms with Crippen LogP contribution in [0.5, 0.6) is 0 Å². The molecule has 0 spiro atoms. The van der Waals surface area contributed by atoms with Crippen LogP contribution in [-0.2, 0) is 9.53 Å². The van der Waals surface area contributed by atoms with Crippen LogP contribution in [0.2, 0.25) is 0 Å². The van der Waals surface area contributed by atoms with E-state index in [2.05, 4.69) is 6.92 Å². The summed E-state index contributed by atoms with van der Waals surface area (Å²) in [5.41, 5.74) is -0.0431. The van der Waals surface area contributed by atoms with Gasteiger partial charge in [-0.25, -0.2) is 4.79 Å². The molecule has 4 fully saturated rings. The summed E-state index contributed by atoms with van der Waals surface area (Å²) in [6, 6.07) is 0. The smallest absolute Gasteiger partial charge is 0.331 e. The van der Waals surface area contributed by atoms with Crippen LogP contribution in [0.3, 0.4) is 0 Å². The maximum atomic E-state index is 12.1. The second kappa shape index (κ2) is 6.29. The molecule has 3 N–H and O–H groups in total. The van der Waals surface area contributed by atoms with Gasteiger partial charge in [0.25, 0.3) is 0 Å². The van der Waals surface area contributed by atoms with Crippen molar-refractivity contribution in [2.75, 3.05) is 13.2 Å². The van der Waals surface area contributed by atoms with Crippen molar-refractivity contribution in [3.8, 4) is 0 Å². The monoisotopic (exact) mass is 390 g/mol. The van der Waals surface area contributed by atoms with Crippen LogP contribution < -0.4 is 0 Å². The molecule has 8 atom stereocenters. The molecule has 4 aliphatic carbocycles. The maximum Gasteiger partial charge on any atom is 0.331 e. The number of hydrogen-bond acceptors (Lipinski definition) is 5. The number of aliphatic hydroxyl groups excluding tert-OH is 2. The van der Waals surface area contributed by atoms with Crippen molar-refractivity contribution in [1.29, 1.82) is 0 Å². The van der Waals surface area contributed by atoms with Gasteiger partial charge in [0, 0.05) is 18.1 Å². The number of fused-ring (bicyclic) bond motifs is 5. The molecule has 156 valence electrons. The van der Waals surface area contributed by atoms with E-state index >= 15 is 0 Å². The van der Waals surface area contributed by atoms with Crippen LogP contribution >= 0.6 is 0 Å². The second-order valence-electron chi connectivity index (χ2n) is 10.6. The minimum Gasteiger partial charge on any atom is -0.458 e. The molecule has 5 heteroatoms. The highest BCUT2D eigenvalue weighted by molar-refractivity contribution is 5.85. The number of esters is 1. The van der Waals surface area contributed by atoms with E-state index in [0.717, 1.165) is 63.4 Å². The van der Waals surface area contributed by atoms with Crippen molar-refractivity contribution in [2.45, 2.75) is 76.4 Å². The van der Waals surface area contributed by atoms with E-state index in [9.17, 15) is 20.1 Å². The molecule has 0 radical (unpaired) electrons. The first-order chi connectivity index (χ1) is 13.3. The summed E-state index contributed by atoms with van der Waals surface area (Å²) < 4.78 is 5.19. The Bertz CT molecular complexity index is 703. The van der Waals surface area contributed by atoms with Crippen molar-refractivity contribution in [2.24, 2.45) is 34.5 Å². The Morgan fingerprint density at radius 3 is 2.64 bits per heavy atom. The number of carbonyl (C=O) groups excluding carboxylic acids is 1. The lowest BCUT2D eigenvalue weighted by molar-refractivity contribution is -0.219. The second-order valence-corrected chi connectivity index (χ2v) is 10.6. The van der Waals surface area contributed by atoms with Gasteiger partial charge in [-0.1, -0.05) is 6.92 Å². The summed E-state index contributed by atoms with van der Waals surface area (Å²) in [5, 5.41) is 32.8. The number of carbonyl (C=O) groups is 1. The molecule has 0 saturated heterocycles. The fraction of sp³-hybridized carbons (Fsp3) is 0.870. The minimum atomic E-state index is -0.740. The summed E-state index contributed by atoms with van der Waals surface area (Å²) in [5.74, 6) is 0.866. The molecule has 5 nitrogen and oxygen atoms in total. The van der Waals surface area contributed by atoms with Crippen molar-refractivity contribution in [3.63, 3.8) is 0 Å². The predicted molar refractivity (Wildman–Crippen MR) is 103 cm³/mol. The van der Waals surface area contributed by atoms with Gasteiger partial charge in [-0.2, -0.15) is 0 Å². The molecule has 0 aromatic carbocycles. The highest BCUT2D eigenvalue weighted by Gasteiger charge is 2.68. The largest absolute Gasteiger partial charge is 0.458 e. The summed E-state index contributed by atoms with van der Waals surface area (Å²) in [4.78, 5) is 11.6. The normalized spacial score (nSPS) is 53.1. The van der Waals surface area contributed by atoms with Gasteiger partial charge >= 0.3 is 5.97 Å². The van der Waals surface area contributed by atoms with E-state index in [1.807, 2.05) is 0 Å². The molecule has 28 heavy (non-hydrogen) atoms. The third kappa shape index (κ3) is 2.33. The van der Waals surface area contributed by atoms with Gasteiger partial charge in [0.1, 0.15) is 6.61 Å². The molecule has 0 unspecified atom stereocenters. The number of ether oxygens (including phenoxy) is 1. The highest BCUT2D eigenvalue weighted by atomic mass is 16.5. The lowest BCUT2D eigenvalue weighted by Gasteiger charge is -2.64. The summed E-state index contributed by atoms with van der Waals surface area (Å²) in [7, 11) is 0. The minimum absolute atomic E-state index is 0.136. The molecule has 0 amide bonds. The zero-order valence-corrected chi connectivity index (χ0v) is 16.9. The van der Waals surface area contributed by atoms with Crippen LogP contribution in [0.1, 0.15) is 64.7 Å². The Morgan fingerprint density at radius 2 is 1.93 bits per heavy atom. The summed E-state index contributed by atoms with van der Waals surface area (Å²) in [6.45, 7) is 2.78. The summed E-state index contributed by atoms with van der Waals surface area (Å²) in [6.07, 6.45) is 9.47. The predicted octanol–water partition coefficient (Wildman–Crippen LogP) is 2.58. The van der Waals surface area contributed by atoms with E-state index in [0.29, 0.717) is 18.4 Å². The maximum absolute atomic E-state index is 12.1. The molecule has 0 aromatic rings. The van der Waals surface area contributed by atoms with Crippen molar-refractivity contribution in [1.82, 2.24) is 0 Å².